The third-order valence-electron chi connectivity index (χ3n) is 2.90. The normalized spacial score (nSPS) is 11.9. The summed E-state index contributed by atoms with van der Waals surface area (Å²) in [5.41, 5.74) is 3.54. The van der Waals surface area contributed by atoms with E-state index in [-0.39, 0.29) is 0 Å². The molecule has 1 heterocycles. The van der Waals surface area contributed by atoms with Crippen LogP contribution in [0.25, 0.3) is 11.0 Å². The Labute approximate surface area is 103 Å². The number of nitrogens with one attached hydrogen (secondary N) is 2. The maximum atomic E-state index is 4.57. The summed E-state index contributed by atoms with van der Waals surface area (Å²) < 4.78 is 0. The SMILES string of the molecule is CC(C)NCc1nc2ccc(C(C)C)cc2[nH]1. The molecule has 2 aromatic rings. The van der Waals surface area contributed by atoms with Crippen LogP contribution in [-0.4, -0.2) is 16.0 Å². The van der Waals surface area contributed by atoms with E-state index in [4.69, 9.17) is 0 Å². The van der Waals surface area contributed by atoms with Crippen molar-refractivity contribution in [3.63, 3.8) is 0 Å². The third kappa shape index (κ3) is 2.86. The van der Waals surface area contributed by atoms with E-state index in [2.05, 4.69) is 61.2 Å². The predicted octanol–water partition coefficient (Wildman–Crippen LogP) is 3.18. The highest BCUT2D eigenvalue weighted by Crippen LogP contribution is 2.19. The minimum absolute atomic E-state index is 0.481. The number of rotatable bonds is 4. The molecule has 1 aromatic carbocycles. The van der Waals surface area contributed by atoms with Gasteiger partial charge in [-0.1, -0.05) is 33.8 Å². The monoisotopic (exact) mass is 231 g/mol. The van der Waals surface area contributed by atoms with Crippen molar-refractivity contribution in [2.45, 2.75) is 46.2 Å². The molecule has 0 atom stereocenters. The van der Waals surface area contributed by atoms with E-state index in [1.807, 2.05) is 0 Å². The summed E-state index contributed by atoms with van der Waals surface area (Å²) >= 11 is 0. The number of aromatic nitrogens is 2. The van der Waals surface area contributed by atoms with Gasteiger partial charge in [0.2, 0.25) is 0 Å². The first-order valence-corrected chi connectivity index (χ1v) is 6.28. The highest BCUT2D eigenvalue weighted by atomic mass is 15.0. The summed E-state index contributed by atoms with van der Waals surface area (Å²) in [6, 6.07) is 6.94. The van der Waals surface area contributed by atoms with Gasteiger partial charge >= 0.3 is 0 Å². The summed E-state index contributed by atoms with van der Waals surface area (Å²) in [7, 11) is 0. The van der Waals surface area contributed by atoms with Crippen LogP contribution >= 0.6 is 0 Å². The fourth-order valence-corrected chi connectivity index (χ4v) is 1.82. The largest absolute Gasteiger partial charge is 0.341 e. The summed E-state index contributed by atoms with van der Waals surface area (Å²) in [5, 5.41) is 3.37. The van der Waals surface area contributed by atoms with Crippen LogP contribution in [0, 0.1) is 0 Å². The molecule has 2 rings (SSSR count). The van der Waals surface area contributed by atoms with Gasteiger partial charge in [-0.05, 0) is 23.6 Å². The second-order valence-electron chi connectivity index (χ2n) is 5.15. The molecule has 0 saturated heterocycles. The van der Waals surface area contributed by atoms with Crippen LogP contribution in [0.3, 0.4) is 0 Å². The molecule has 0 saturated carbocycles. The Morgan fingerprint density at radius 1 is 1.24 bits per heavy atom. The Bertz CT molecular complexity index is 497. The van der Waals surface area contributed by atoms with Crippen molar-refractivity contribution in [2.24, 2.45) is 0 Å². The molecule has 0 unspecified atom stereocenters. The van der Waals surface area contributed by atoms with Crippen molar-refractivity contribution >= 4 is 11.0 Å². The zero-order valence-electron chi connectivity index (χ0n) is 11.0. The number of aromatic amines is 1. The molecule has 0 aliphatic rings. The maximum Gasteiger partial charge on any atom is 0.121 e. The van der Waals surface area contributed by atoms with Gasteiger partial charge in [0.05, 0.1) is 17.6 Å². The van der Waals surface area contributed by atoms with Crippen molar-refractivity contribution in [2.75, 3.05) is 0 Å². The Morgan fingerprint density at radius 3 is 2.65 bits per heavy atom. The van der Waals surface area contributed by atoms with Gasteiger partial charge in [-0.3, -0.25) is 0 Å². The number of H-pyrrole nitrogens is 1. The van der Waals surface area contributed by atoms with Crippen LogP contribution in [0.4, 0.5) is 0 Å². The molecule has 2 N–H and O–H groups in total. The maximum absolute atomic E-state index is 4.57. The Hall–Kier alpha value is -1.35. The van der Waals surface area contributed by atoms with Crippen molar-refractivity contribution in [1.29, 1.82) is 0 Å². The molecule has 1 aromatic heterocycles. The van der Waals surface area contributed by atoms with E-state index in [9.17, 15) is 0 Å². The average Bonchev–Trinajstić information content (AvgIpc) is 2.67. The molecule has 17 heavy (non-hydrogen) atoms. The number of hydrogen-bond donors (Lipinski definition) is 2. The molecular weight excluding hydrogens is 210 g/mol. The van der Waals surface area contributed by atoms with Gasteiger partial charge in [-0.25, -0.2) is 4.98 Å². The molecule has 0 aliphatic heterocycles. The number of imidazole rings is 1. The van der Waals surface area contributed by atoms with Gasteiger partial charge in [-0.2, -0.15) is 0 Å². The minimum atomic E-state index is 0.481. The lowest BCUT2D eigenvalue weighted by atomic mass is 10.0. The van der Waals surface area contributed by atoms with Crippen LogP contribution in [-0.2, 0) is 6.54 Å². The molecule has 3 nitrogen and oxygen atoms in total. The van der Waals surface area contributed by atoms with Crippen LogP contribution in [0.5, 0.6) is 0 Å². The second-order valence-corrected chi connectivity index (χ2v) is 5.15. The highest BCUT2D eigenvalue weighted by molar-refractivity contribution is 5.76. The number of benzene rings is 1. The van der Waals surface area contributed by atoms with Gasteiger partial charge in [0.25, 0.3) is 0 Å². The standard InChI is InChI=1S/C14H21N3/c1-9(2)11-5-6-12-13(7-11)17-14(16-12)8-15-10(3)4/h5-7,9-10,15H,8H2,1-4H3,(H,16,17). The van der Waals surface area contributed by atoms with E-state index in [0.717, 1.165) is 23.4 Å². The Balaban J connectivity index is 2.24. The Morgan fingerprint density at radius 2 is 2.00 bits per heavy atom. The predicted molar refractivity (Wildman–Crippen MR) is 72.2 cm³/mol. The van der Waals surface area contributed by atoms with E-state index >= 15 is 0 Å². The first-order chi connectivity index (χ1) is 8.06. The van der Waals surface area contributed by atoms with Crippen molar-refractivity contribution < 1.29 is 0 Å². The molecule has 0 bridgehead atoms. The van der Waals surface area contributed by atoms with Gasteiger partial charge in [0, 0.05) is 6.04 Å². The second kappa shape index (κ2) is 4.88. The van der Waals surface area contributed by atoms with E-state index in [0.29, 0.717) is 12.0 Å². The topological polar surface area (TPSA) is 40.7 Å². The molecule has 3 heteroatoms. The highest BCUT2D eigenvalue weighted by Gasteiger charge is 2.05. The van der Waals surface area contributed by atoms with Crippen LogP contribution < -0.4 is 5.32 Å². The first-order valence-electron chi connectivity index (χ1n) is 6.28. The van der Waals surface area contributed by atoms with Crippen molar-refractivity contribution in [3.8, 4) is 0 Å². The number of fused-ring (bicyclic) bond motifs is 1. The molecule has 0 aliphatic carbocycles. The summed E-state index contributed by atoms with van der Waals surface area (Å²) in [6.07, 6.45) is 0. The lowest BCUT2D eigenvalue weighted by Crippen LogP contribution is -2.22. The number of nitrogens with zero attached hydrogens (tertiary/aromatic N) is 1. The fraction of sp³-hybridized carbons (Fsp3) is 0.500. The van der Waals surface area contributed by atoms with Gasteiger partial charge in [-0.15, -0.1) is 0 Å². The van der Waals surface area contributed by atoms with Crippen molar-refractivity contribution in [1.82, 2.24) is 15.3 Å². The van der Waals surface area contributed by atoms with Crippen molar-refractivity contribution in [3.05, 3.63) is 29.6 Å². The van der Waals surface area contributed by atoms with E-state index in [1.54, 1.807) is 0 Å². The molecule has 92 valence electrons. The first kappa shape index (κ1) is 12.1. The molecule has 0 amide bonds. The van der Waals surface area contributed by atoms with Gasteiger partial charge in [0.1, 0.15) is 5.82 Å². The average molecular weight is 231 g/mol. The van der Waals surface area contributed by atoms with Crippen LogP contribution in [0.1, 0.15) is 45.0 Å². The fourth-order valence-electron chi connectivity index (χ4n) is 1.82. The van der Waals surface area contributed by atoms with E-state index in [1.165, 1.54) is 5.56 Å². The molecule has 0 radical (unpaired) electrons. The Kier molecular flexibility index (Phi) is 3.48. The van der Waals surface area contributed by atoms with E-state index < -0.39 is 0 Å². The summed E-state index contributed by atoms with van der Waals surface area (Å²) in [4.78, 5) is 7.94. The zero-order valence-corrected chi connectivity index (χ0v) is 11.0. The lowest BCUT2D eigenvalue weighted by molar-refractivity contribution is 0.576. The molecular formula is C14H21N3. The van der Waals surface area contributed by atoms with Crippen LogP contribution in [0.2, 0.25) is 0 Å². The van der Waals surface area contributed by atoms with Gasteiger partial charge < -0.3 is 10.3 Å². The van der Waals surface area contributed by atoms with Crippen LogP contribution in [0.15, 0.2) is 18.2 Å². The zero-order chi connectivity index (χ0) is 12.4. The lowest BCUT2D eigenvalue weighted by Gasteiger charge is -2.04. The third-order valence-corrected chi connectivity index (χ3v) is 2.90. The van der Waals surface area contributed by atoms with Gasteiger partial charge in [0.15, 0.2) is 0 Å². The number of hydrogen-bond acceptors (Lipinski definition) is 2. The molecule has 0 spiro atoms. The summed E-state index contributed by atoms with van der Waals surface area (Å²) in [5.74, 6) is 1.56. The molecule has 0 fully saturated rings. The quantitative estimate of drug-likeness (QED) is 0.848. The summed E-state index contributed by atoms with van der Waals surface area (Å²) in [6.45, 7) is 9.49. The minimum Gasteiger partial charge on any atom is -0.341 e. The smallest absolute Gasteiger partial charge is 0.121 e.